The lowest BCUT2D eigenvalue weighted by atomic mass is 9.84. The summed E-state index contributed by atoms with van der Waals surface area (Å²) in [5.74, 6) is -1.55. The zero-order valence-corrected chi connectivity index (χ0v) is 11.7. The highest BCUT2D eigenvalue weighted by Crippen LogP contribution is 2.46. The van der Waals surface area contributed by atoms with Crippen LogP contribution in [0.5, 0.6) is 0 Å². The summed E-state index contributed by atoms with van der Waals surface area (Å²) in [6.45, 7) is 3.75. The number of fused-ring (bicyclic) bond motifs is 1. The Morgan fingerprint density at radius 1 is 1.30 bits per heavy atom. The van der Waals surface area contributed by atoms with Crippen LogP contribution in [0.2, 0.25) is 0 Å². The van der Waals surface area contributed by atoms with Gasteiger partial charge in [-0.05, 0) is 25.7 Å². The van der Waals surface area contributed by atoms with Gasteiger partial charge in [0.2, 0.25) is 11.8 Å². The van der Waals surface area contributed by atoms with E-state index >= 15 is 0 Å². The molecule has 3 aliphatic rings. The van der Waals surface area contributed by atoms with Crippen molar-refractivity contribution < 1.29 is 24.2 Å². The molecule has 20 heavy (non-hydrogen) atoms. The zero-order chi connectivity index (χ0) is 14.7. The third kappa shape index (κ3) is 1.63. The van der Waals surface area contributed by atoms with Crippen molar-refractivity contribution in [1.29, 1.82) is 0 Å². The van der Waals surface area contributed by atoms with Gasteiger partial charge in [0.05, 0.1) is 31.1 Å². The Morgan fingerprint density at radius 3 is 2.35 bits per heavy atom. The van der Waals surface area contributed by atoms with E-state index in [1.165, 1.54) is 4.90 Å². The van der Waals surface area contributed by atoms with E-state index in [4.69, 9.17) is 4.74 Å². The first-order valence-corrected chi connectivity index (χ1v) is 7.04. The van der Waals surface area contributed by atoms with Crippen LogP contribution in [0.15, 0.2) is 0 Å². The molecule has 4 unspecified atom stereocenters. The average molecular weight is 281 g/mol. The van der Waals surface area contributed by atoms with Gasteiger partial charge in [0.15, 0.2) is 0 Å². The number of amides is 2. The molecular weight excluding hydrogens is 262 g/mol. The van der Waals surface area contributed by atoms with Crippen molar-refractivity contribution in [2.24, 2.45) is 23.2 Å². The molecular formula is C14H19NO5. The molecule has 0 radical (unpaired) electrons. The van der Waals surface area contributed by atoms with Crippen LogP contribution in [0.1, 0.15) is 26.7 Å². The molecule has 3 fully saturated rings. The average Bonchev–Trinajstić information content (AvgIpc) is 2.99. The molecule has 2 saturated heterocycles. The van der Waals surface area contributed by atoms with Gasteiger partial charge in [0.1, 0.15) is 5.41 Å². The summed E-state index contributed by atoms with van der Waals surface area (Å²) >= 11 is 0. The first-order valence-electron chi connectivity index (χ1n) is 7.04. The van der Waals surface area contributed by atoms with Gasteiger partial charge in [0.25, 0.3) is 0 Å². The molecule has 0 spiro atoms. The molecule has 110 valence electrons. The minimum atomic E-state index is -1.20. The normalized spacial score (nSPS) is 44.2. The molecule has 2 amide bonds. The fraction of sp³-hybridized carbons (Fsp3) is 0.786. The molecule has 0 aromatic heterocycles. The highest BCUT2D eigenvalue weighted by Gasteiger charge is 2.59. The summed E-state index contributed by atoms with van der Waals surface area (Å²) in [4.78, 5) is 37.7. The predicted molar refractivity (Wildman–Crippen MR) is 67.6 cm³/mol. The number of carboxylic acid groups (broad SMARTS) is 1. The molecule has 3 rings (SSSR count). The standard InChI is InChI=1S/C14H19NO5/c1-7-3-8-9(4-7)12(17)15(11(8)16)10-5-20-6-14(10,2)13(18)19/h7-10H,3-6H2,1-2H3,(H,18,19). The molecule has 1 N–H and O–H groups in total. The monoisotopic (exact) mass is 281 g/mol. The molecule has 6 heteroatoms. The number of ether oxygens (including phenoxy) is 1. The Labute approximate surface area is 117 Å². The Morgan fingerprint density at radius 2 is 1.85 bits per heavy atom. The second-order valence-electron chi connectivity index (χ2n) is 6.59. The number of aliphatic carboxylic acids is 1. The Hall–Kier alpha value is -1.43. The minimum absolute atomic E-state index is 0.0375. The number of hydrogen-bond donors (Lipinski definition) is 1. The maximum Gasteiger partial charge on any atom is 0.313 e. The number of carbonyl (C=O) groups excluding carboxylic acids is 2. The van der Waals surface area contributed by atoms with Crippen LogP contribution in [0.4, 0.5) is 0 Å². The first kappa shape index (κ1) is 13.5. The number of hydrogen-bond acceptors (Lipinski definition) is 4. The molecule has 6 nitrogen and oxygen atoms in total. The van der Waals surface area contributed by atoms with Crippen molar-refractivity contribution in [3.8, 4) is 0 Å². The van der Waals surface area contributed by atoms with E-state index in [0.717, 1.165) is 12.8 Å². The molecule has 1 aliphatic carbocycles. The van der Waals surface area contributed by atoms with Gasteiger partial charge in [0, 0.05) is 0 Å². The first-order chi connectivity index (χ1) is 9.36. The Balaban J connectivity index is 1.90. The van der Waals surface area contributed by atoms with E-state index in [2.05, 4.69) is 0 Å². The van der Waals surface area contributed by atoms with E-state index in [9.17, 15) is 19.5 Å². The van der Waals surface area contributed by atoms with E-state index in [-0.39, 0.29) is 36.9 Å². The minimum Gasteiger partial charge on any atom is -0.481 e. The maximum absolute atomic E-state index is 12.5. The highest BCUT2D eigenvalue weighted by molar-refractivity contribution is 6.06. The number of nitrogens with zero attached hydrogens (tertiary/aromatic N) is 1. The van der Waals surface area contributed by atoms with Gasteiger partial charge in [-0.2, -0.15) is 0 Å². The topological polar surface area (TPSA) is 83.9 Å². The highest BCUT2D eigenvalue weighted by atomic mass is 16.5. The maximum atomic E-state index is 12.5. The molecule has 0 aromatic carbocycles. The van der Waals surface area contributed by atoms with Crippen LogP contribution in [-0.2, 0) is 19.1 Å². The number of carboxylic acids is 1. The van der Waals surface area contributed by atoms with Crippen molar-refractivity contribution in [2.45, 2.75) is 32.7 Å². The van der Waals surface area contributed by atoms with Gasteiger partial charge in [-0.25, -0.2) is 0 Å². The largest absolute Gasteiger partial charge is 0.481 e. The number of imide groups is 1. The fourth-order valence-electron chi connectivity index (χ4n) is 3.84. The summed E-state index contributed by atoms with van der Waals surface area (Å²) in [5, 5.41) is 9.39. The lowest BCUT2D eigenvalue weighted by Crippen LogP contribution is -2.52. The zero-order valence-electron chi connectivity index (χ0n) is 11.7. The van der Waals surface area contributed by atoms with Crippen LogP contribution in [0, 0.1) is 23.2 Å². The van der Waals surface area contributed by atoms with Crippen LogP contribution < -0.4 is 0 Å². The summed E-state index contributed by atoms with van der Waals surface area (Å²) in [5.41, 5.74) is -1.20. The summed E-state index contributed by atoms with van der Waals surface area (Å²) in [6, 6.07) is -0.680. The van der Waals surface area contributed by atoms with E-state index < -0.39 is 17.4 Å². The third-order valence-corrected chi connectivity index (χ3v) is 5.12. The molecule has 0 bridgehead atoms. The summed E-state index contributed by atoms with van der Waals surface area (Å²) in [7, 11) is 0. The van der Waals surface area contributed by atoms with Crippen LogP contribution in [0.25, 0.3) is 0 Å². The second kappa shape index (κ2) is 4.28. The van der Waals surface area contributed by atoms with Crippen LogP contribution >= 0.6 is 0 Å². The molecule has 2 heterocycles. The van der Waals surface area contributed by atoms with Crippen LogP contribution in [-0.4, -0.2) is 47.0 Å². The van der Waals surface area contributed by atoms with Crippen molar-refractivity contribution in [3.63, 3.8) is 0 Å². The lowest BCUT2D eigenvalue weighted by molar-refractivity contribution is -0.154. The van der Waals surface area contributed by atoms with E-state index in [1.807, 2.05) is 6.92 Å². The van der Waals surface area contributed by atoms with Gasteiger partial charge in [-0.3, -0.25) is 19.3 Å². The number of carbonyl (C=O) groups is 3. The van der Waals surface area contributed by atoms with E-state index in [1.54, 1.807) is 6.92 Å². The number of likely N-dealkylation sites (tertiary alicyclic amines) is 1. The number of rotatable bonds is 2. The summed E-state index contributed by atoms with van der Waals surface area (Å²) < 4.78 is 5.26. The molecule has 4 atom stereocenters. The third-order valence-electron chi connectivity index (χ3n) is 5.12. The molecule has 1 saturated carbocycles. The summed E-state index contributed by atoms with van der Waals surface area (Å²) in [6.07, 6.45) is 1.45. The van der Waals surface area contributed by atoms with Gasteiger partial charge < -0.3 is 9.84 Å². The Bertz CT molecular complexity index is 466. The van der Waals surface area contributed by atoms with Crippen molar-refractivity contribution in [1.82, 2.24) is 4.90 Å². The van der Waals surface area contributed by atoms with Gasteiger partial charge >= 0.3 is 5.97 Å². The van der Waals surface area contributed by atoms with Gasteiger partial charge in [-0.1, -0.05) is 6.92 Å². The van der Waals surface area contributed by atoms with E-state index in [0.29, 0.717) is 5.92 Å². The molecule has 2 aliphatic heterocycles. The van der Waals surface area contributed by atoms with Crippen molar-refractivity contribution >= 4 is 17.8 Å². The Kier molecular flexibility index (Phi) is 2.90. The predicted octanol–water partition coefficient (Wildman–Crippen LogP) is 0.507. The lowest BCUT2D eigenvalue weighted by Gasteiger charge is -2.32. The SMILES string of the molecule is CC1CC2C(=O)N(C3COCC3(C)C(=O)O)C(=O)C2C1. The smallest absolute Gasteiger partial charge is 0.313 e. The second-order valence-corrected chi connectivity index (χ2v) is 6.59. The van der Waals surface area contributed by atoms with Crippen molar-refractivity contribution in [3.05, 3.63) is 0 Å². The quantitative estimate of drug-likeness (QED) is 0.745. The van der Waals surface area contributed by atoms with Crippen LogP contribution in [0.3, 0.4) is 0 Å². The molecule has 0 aromatic rings. The van der Waals surface area contributed by atoms with Gasteiger partial charge in [-0.15, -0.1) is 0 Å². The van der Waals surface area contributed by atoms with Crippen molar-refractivity contribution in [2.75, 3.05) is 13.2 Å². The fourth-order valence-corrected chi connectivity index (χ4v) is 3.84.